The van der Waals surface area contributed by atoms with E-state index in [2.05, 4.69) is 9.47 Å². The SMILES string of the molecule is CCOC(F)(F)C(C)(F)COCCO. The molecule has 0 rings (SSSR count). The van der Waals surface area contributed by atoms with Gasteiger partial charge in [-0.2, -0.15) is 8.78 Å². The largest absolute Gasteiger partial charge is 0.394 e. The number of halogens is 3. The number of hydrogen-bond acceptors (Lipinski definition) is 3. The predicted octanol–water partition coefficient (Wildman–Crippen LogP) is 1.35. The van der Waals surface area contributed by atoms with Gasteiger partial charge in [-0.1, -0.05) is 0 Å². The Balaban J connectivity index is 4.13. The van der Waals surface area contributed by atoms with Crippen LogP contribution in [0.25, 0.3) is 0 Å². The molecule has 0 aromatic heterocycles. The summed E-state index contributed by atoms with van der Waals surface area (Å²) in [6.45, 7) is 0.420. The van der Waals surface area contributed by atoms with E-state index in [1.165, 1.54) is 6.92 Å². The van der Waals surface area contributed by atoms with Gasteiger partial charge in [0.2, 0.25) is 5.67 Å². The van der Waals surface area contributed by atoms with Gasteiger partial charge < -0.3 is 14.6 Å². The molecule has 0 aliphatic carbocycles. The van der Waals surface area contributed by atoms with Gasteiger partial charge in [-0.3, -0.25) is 0 Å². The first-order valence-electron chi connectivity index (χ1n) is 4.26. The third-order valence-electron chi connectivity index (χ3n) is 1.54. The van der Waals surface area contributed by atoms with E-state index >= 15 is 0 Å². The second-order valence-electron chi connectivity index (χ2n) is 2.92. The highest BCUT2D eigenvalue weighted by molar-refractivity contribution is 4.82. The monoisotopic (exact) mass is 216 g/mol. The van der Waals surface area contributed by atoms with Gasteiger partial charge in [-0.25, -0.2) is 4.39 Å². The van der Waals surface area contributed by atoms with Gasteiger partial charge in [0, 0.05) is 0 Å². The van der Waals surface area contributed by atoms with Crippen molar-refractivity contribution in [1.29, 1.82) is 0 Å². The smallest absolute Gasteiger partial charge is 0.391 e. The third kappa shape index (κ3) is 3.81. The molecule has 1 atom stereocenters. The molecule has 0 aliphatic rings. The summed E-state index contributed by atoms with van der Waals surface area (Å²) in [7, 11) is 0. The van der Waals surface area contributed by atoms with Crippen LogP contribution in [0.4, 0.5) is 13.2 Å². The molecule has 3 nitrogen and oxygen atoms in total. The van der Waals surface area contributed by atoms with Crippen molar-refractivity contribution in [3.8, 4) is 0 Å². The Morgan fingerprint density at radius 1 is 1.29 bits per heavy atom. The highest BCUT2D eigenvalue weighted by atomic mass is 19.3. The lowest BCUT2D eigenvalue weighted by Gasteiger charge is -2.28. The molecule has 0 amide bonds. The molecule has 0 aromatic rings. The van der Waals surface area contributed by atoms with Crippen LogP contribution >= 0.6 is 0 Å². The molecule has 0 bridgehead atoms. The summed E-state index contributed by atoms with van der Waals surface area (Å²) in [5.41, 5.74) is -2.89. The van der Waals surface area contributed by atoms with Gasteiger partial charge in [0.25, 0.3) is 0 Å². The zero-order chi connectivity index (χ0) is 11.2. The first kappa shape index (κ1) is 13.7. The van der Waals surface area contributed by atoms with Crippen LogP contribution < -0.4 is 0 Å². The minimum atomic E-state index is -3.88. The molecule has 0 radical (unpaired) electrons. The first-order chi connectivity index (χ1) is 6.37. The number of alkyl halides is 3. The zero-order valence-electron chi connectivity index (χ0n) is 8.23. The summed E-state index contributed by atoms with van der Waals surface area (Å²) in [6.07, 6.45) is -3.88. The van der Waals surface area contributed by atoms with Crippen molar-refractivity contribution in [2.24, 2.45) is 0 Å². The molecule has 6 heteroatoms. The summed E-state index contributed by atoms with van der Waals surface area (Å²) < 4.78 is 47.5. The summed E-state index contributed by atoms with van der Waals surface area (Å²) in [4.78, 5) is 0. The Morgan fingerprint density at radius 3 is 2.29 bits per heavy atom. The zero-order valence-corrected chi connectivity index (χ0v) is 8.23. The number of hydrogen-bond donors (Lipinski definition) is 1. The van der Waals surface area contributed by atoms with E-state index < -0.39 is 18.4 Å². The lowest BCUT2D eigenvalue weighted by Crippen LogP contribution is -2.47. The molecule has 1 N–H and O–H groups in total. The Morgan fingerprint density at radius 2 is 1.86 bits per heavy atom. The van der Waals surface area contributed by atoms with Crippen molar-refractivity contribution < 1.29 is 27.8 Å². The fourth-order valence-corrected chi connectivity index (χ4v) is 0.744. The standard InChI is InChI=1S/C8H15F3O3/c1-3-14-8(10,11)7(2,9)6-13-5-4-12/h12H,3-6H2,1-2H3. The van der Waals surface area contributed by atoms with Crippen molar-refractivity contribution in [2.75, 3.05) is 26.4 Å². The number of ether oxygens (including phenoxy) is 2. The van der Waals surface area contributed by atoms with Gasteiger partial charge >= 0.3 is 6.11 Å². The van der Waals surface area contributed by atoms with E-state index in [9.17, 15) is 13.2 Å². The molecule has 0 saturated carbocycles. The van der Waals surface area contributed by atoms with Crippen molar-refractivity contribution in [3.05, 3.63) is 0 Å². The van der Waals surface area contributed by atoms with Crippen LogP contribution in [0.1, 0.15) is 13.8 Å². The van der Waals surface area contributed by atoms with Crippen molar-refractivity contribution in [1.82, 2.24) is 0 Å². The van der Waals surface area contributed by atoms with Gasteiger partial charge in [-0.15, -0.1) is 0 Å². The fraction of sp³-hybridized carbons (Fsp3) is 1.00. The van der Waals surface area contributed by atoms with E-state index in [0.29, 0.717) is 6.92 Å². The van der Waals surface area contributed by atoms with Gasteiger partial charge in [0.05, 0.1) is 26.4 Å². The van der Waals surface area contributed by atoms with Crippen LogP contribution in [0, 0.1) is 0 Å². The topological polar surface area (TPSA) is 38.7 Å². The summed E-state index contributed by atoms with van der Waals surface area (Å²) >= 11 is 0. The Hall–Kier alpha value is -0.330. The second kappa shape index (κ2) is 5.53. The maximum atomic E-state index is 13.3. The van der Waals surface area contributed by atoms with E-state index in [1.54, 1.807) is 0 Å². The molecular weight excluding hydrogens is 201 g/mol. The van der Waals surface area contributed by atoms with Crippen molar-refractivity contribution in [2.45, 2.75) is 25.6 Å². The molecule has 0 spiro atoms. The minimum Gasteiger partial charge on any atom is -0.394 e. The van der Waals surface area contributed by atoms with Crippen LogP contribution in [-0.2, 0) is 9.47 Å². The molecule has 1 unspecified atom stereocenters. The van der Waals surface area contributed by atoms with Crippen LogP contribution in [0.5, 0.6) is 0 Å². The third-order valence-corrected chi connectivity index (χ3v) is 1.54. The van der Waals surface area contributed by atoms with Crippen LogP contribution in [0.3, 0.4) is 0 Å². The van der Waals surface area contributed by atoms with Crippen LogP contribution in [0.15, 0.2) is 0 Å². The first-order valence-corrected chi connectivity index (χ1v) is 4.26. The summed E-state index contributed by atoms with van der Waals surface area (Å²) in [5.74, 6) is 0. The molecule has 0 heterocycles. The lowest BCUT2D eigenvalue weighted by molar-refractivity contribution is -0.312. The van der Waals surface area contributed by atoms with E-state index in [4.69, 9.17) is 5.11 Å². The molecule has 14 heavy (non-hydrogen) atoms. The molecule has 0 fully saturated rings. The maximum absolute atomic E-state index is 13.3. The van der Waals surface area contributed by atoms with Gasteiger partial charge in [0.15, 0.2) is 0 Å². The van der Waals surface area contributed by atoms with Gasteiger partial charge in [-0.05, 0) is 13.8 Å². The highest BCUT2D eigenvalue weighted by Crippen LogP contribution is 2.33. The van der Waals surface area contributed by atoms with Crippen molar-refractivity contribution in [3.63, 3.8) is 0 Å². The molecule has 0 aromatic carbocycles. The second-order valence-corrected chi connectivity index (χ2v) is 2.92. The number of aliphatic hydroxyl groups excluding tert-OH is 1. The minimum absolute atomic E-state index is 0.179. The van der Waals surface area contributed by atoms with Gasteiger partial charge in [0.1, 0.15) is 0 Å². The fourth-order valence-electron chi connectivity index (χ4n) is 0.744. The normalized spacial score (nSPS) is 16.7. The highest BCUT2D eigenvalue weighted by Gasteiger charge is 2.52. The van der Waals surface area contributed by atoms with Crippen LogP contribution in [0.2, 0.25) is 0 Å². The predicted molar refractivity (Wildman–Crippen MR) is 44.0 cm³/mol. The number of aliphatic hydroxyl groups is 1. The maximum Gasteiger partial charge on any atom is 0.391 e. The average molecular weight is 216 g/mol. The Labute approximate surface area is 80.8 Å². The van der Waals surface area contributed by atoms with E-state index in [-0.39, 0.29) is 19.8 Å². The molecule has 0 aliphatic heterocycles. The van der Waals surface area contributed by atoms with E-state index in [1.807, 2.05) is 0 Å². The lowest BCUT2D eigenvalue weighted by atomic mass is 10.1. The van der Waals surface area contributed by atoms with Crippen molar-refractivity contribution >= 4 is 0 Å². The molecular formula is C8H15F3O3. The average Bonchev–Trinajstić information content (AvgIpc) is 2.04. The number of rotatable bonds is 7. The summed E-state index contributed by atoms with van der Waals surface area (Å²) in [5, 5.41) is 8.30. The Bertz CT molecular complexity index is 162. The quantitative estimate of drug-likeness (QED) is 0.653. The molecule has 0 saturated heterocycles. The summed E-state index contributed by atoms with van der Waals surface area (Å²) in [6, 6.07) is 0. The Kier molecular flexibility index (Phi) is 5.40. The molecule has 86 valence electrons. The van der Waals surface area contributed by atoms with E-state index in [0.717, 1.165) is 0 Å². The van der Waals surface area contributed by atoms with Crippen LogP contribution in [-0.4, -0.2) is 43.3 Å².